The number of hydrogen-bond acceptors (Lipinski definition) is 3. The molecule has 110 valence electrons. The predicted molar refractivity (Wildman–Crippen MR) is 84.8 cm³/mol. The standard InChI is InChI=1S/C16H19ClN4/c1-3-11(2)15(19)10-21-7-6-16(20-21)12-4-5-13(9-18)14(17)8-12/h4-8,11,15H,3,10,19H2,1-2H3/t11?,15-/m1/s1. The van der Waals surface area contributed by atoms with Crippen LogP contribution in [0.25, 0.3) is 11.3 Å². The third-order valence-corrected chi connectivity index (χ3v) is 4.11. The lowest BCUT2D eigenvalue weighted by Crippen LogP contribution is -2.32. The summed E-state index contributed by atoms with van der Waals surface area (Å²) >= 11 is 6.05. The summed E-state index contributed by atoms with van der Waals surface area (Å²) in [5, 5.41) is 13.9. The van der Waals surface area contributed by atoms with Crippen LogP contribution in [0.4, 0.5) is 0 Å². The van der Waals surface area contributed by atoms with Gasteiger partial charge in [-0.05, 0) is 24.1 Å². The number of aromatic nitrogens is 2. The van der Waals surface area contributed by atoms with Crippen LogP contribution in [0.2, 0.25) is 5.02 Å². The third kappa shape index (κ3) is 3.63. The van der Waals surface area contributed by atoms with Crippen molar-refractivity contribution >= 4 is 11.6 Å². The van der Waals surface area contributed by atoms with Crippen molar-refractivity contribution in [3.05, 3.63) is 41.0 Å². The van der Waals surface area contributed by atoms with Gasteiger partial charge in [0.05, 0.1) is 22.8 Å². The first kappa shape index (κ1) is 15.6. The normalized spacial score (nSPS) is 13.7. The molecule has 0 saturated carbocycles. The van der Waals surface area contributed by atoms with Gasteiger partial charge < -0.3 is 5.73 Å². The average Bonchev–Trinajstić information content (AvgIpc) is 2.94. The molecule has 0 amide bonds. The molecule has 0 radical (unpaired) electrons. The number of benzene rings is 1. The summed E-state index contributed by atoms with van der Waals surface area (Å²) < 4.78 is 1.86. The monoisotopic (exact) mass is 302 g/mol. The van der Waals surface area contributed by atoms with Crippen molar-refractivity contribution in [2.75, 3.05) is 0 Å². The zero-order valence-electron chi connectivity index (χ0n) is 12.3. The summed E-state index contributed by atoms with van der Waals surface area (Å²) in [4.78, 5) is 0. The van der Waals surface area contributed by atoms with Gasteiger partial charge in [0.1, 0.15) is 6.07 Å². The third-order valence-electron chi connectivity index (χ3n) is 3.80. The molecule has 4 nitrogen and oxygen atoms in total. The van der Waals surface area contributed by atoms with Gasteiger partial charge in [-0.25, -0.2) is 0 Å². The van der Waals surface area contributed by atoms with Gasteiger partial charge in [-0.3, -0.25) is 4.68 Å². The van der Waals surface area contributed by atoms with E-state index in [1.165, 1.54) is 0 Å². The Kier molecular flexibility index (Phi) is 5.00. The van der Waals surface area contributed by atoms with Crippen LogP contribution in [0, 0.1) is 17.2 Å². The quantitative estimate of drug-likeness (QED) is 0.920. The van der Waals surface area contributed by atoms with Crippen LogP contribution < -0.4 is 5.73 Å². The minimum Gasteiger partial charge on any atom is -0.326 e. The van der Waals surface area contributed by atoms with Crippen LogP contribution in [0.1, 0.15) is 25.8 Å². The van der Waals surface area contributed by atoms with E-state index >= 15 is 0 Å². The smallest absolute Gasteiger partial charge is 0.101 e. The molecule has 2 aromatic rings. The molecule has 21 heavy (non-hydrogen) atoms. The second kappa shape index (κ2) is 6.75. The molecule has 1 aromatic carbocycles. The maximum Gasteiger partial charge on any atom is 0.101 e. The number of nitrogens with two attached hydrogens (primary N) is 1. The Labute approximate surface area is 130 Å². The number of rotatable bonds is 5. The molecular formula is C16H19ClN4. The predicted octanol–water partition coefficient (Wildman–Crippen LogP) is 3.45. The Morgan fingerprint density at radius 2 is 2.19 bits per heavy atom. The lowest BCUT2D eigenvalue weighted by atomic mass is 10.0. The Balaban J connectivity index is 2.17. The van der Waals surface area contributed by atoms with Crippen molar-refractivity contribution in [1.29, 1.82) is 5.26 Å². The molecule has 2 atom stereocenters. The molecule has 2 N–H and O–H groups in total. The molecule has 0 aliphatic heterocycles. The van der Waals surface area contributed by atoms with Crippen LogP contribution in [-0.2, 0) is 6.54 Å². The van der Waals surface area contributed by atoms with Gasteiger partial charge in [-0.1, -0.05) is 37.9 Å². The molecule has 0 bridgehead atoms. The van der Waals surface area contributed by atoms with Crippen LogP contribution in [0.5, 0.6) is 0 Å². The maximum atomic E-state index is 8.89. The van der Waals surface area contributed by atoms with E-state index in [4.69, 9.17) is 22.6 Å². The highest BCUT2D eigenvalue weighted by Crippen LogP contribution is 2.24. The number of nitrogens with zero attached hydrogens (tertiary/aromatic N) is 3. The fourth-order valence-electron chi connectivity index (χ4n) is 2.08. The highest BCUT2D eigenvalue weighted by Gasteiger charge is 2.12. The number of halogens is 1. The zero-order chi connectivity index (χ0) is 15.4. The lowest BCUT2D eigenvalue weighted by molar-refractivity contribution is 0.382. The molecule has 1 unspecified atom stereocenters. The number of hydrogen-bond donors (Lipinski definition) is 1. The fourth-order valence-corrected chi connectivity index (χ4v) is 2.30. The lowest BCUT2D eigenvalue weighted by Gasteiger charge is -2.17. The van der Waals surface area contributed by atoms with Gasteiger partial charge in [0.15, 0.2) is 0 Å². The van der Waals surface area contributed by atoms with Crippen LogP contribution in [0.3, 0.4) is 0 Å². The largest absolute Gasteiger partial charge is 0.326 e. The van der Waals surface area contributed by atoms with Gasteiger partial charge in [-0.15, -0.1) is 0 Å². The SMILES string of the molecule is CCC(C)[C@H](N)Cn1ccc(-c2ccc(C#N)c(Cl)c2)n1. The summed E-state index contributed by atoms with van der Waals surface area (Å²) in [6.45, 7) is 4.98. The van der Waals surface area contributed by atoms with Gasteiger partial charge in [-0.2, -0.15) is 10.4 Å². The molecule has 5 heteroatoms. The highest BCUT2D eigenvalue weighted by atomic mass is 35.5. The van der Waals surface area contributed by atoms with Crippen molar-refractivity contribution in [2.45, 2.75) is 32.9 Å². The summed E-state index contributed by atoms with van der Waals surface area (Å²) in [5.74, 6) is 0.460. The first-order chi connectivity index (χ1) is 10.0. The van der Waals surface area contributed by atoms with Crippen molar-refractivity contribution in [3.8, 4) is 17.3 Å². The molecule has 0 fully saturated rings. The summed E-state index contributed by atoms with van der Waals surface area (Å²) in [6, 6.07) is 9.40. The average molecular weight is 303 g/mol. The fraction of sp³-hybridized carbons (Fsp3) is 0.375. The maximum absolute atomic E-state index is 8.89. The summed E-state index contributed by atoms with van der Waals surface area (Å²) in [7, 11) is 0. The van der Waals surface area contributed by atoms with E-state index in [9.17, 15) is 0 Å². The van der Waals surface area contributed by atoms with Gasteiger partial charge in [0.2, 0.25) is 0 Å². The van der Waals surface area contributed by atoms with E-state index in [1.807, 2.05) is 23.0 Å². The van der Waals surface area contributed by atoms with E-state index in [-0.39, 0.29) is 6.04 Å². The van der Waals surface area contributed by atoms with E-state index in [1.54, 1.807) is 12.1 Å². The topological polar surface area (TPSA) is 67.6 Å². The Morgan fingerprint density at radius 3 is 2.81 bits per heavy atom. The number of nitriles is 1. The van der Waals surface area contributed by atoms with Crippen LogP contribution >= 0.6 is 11.6 Å². The van der Waals surface area contributed by atoms with Gasteiger partial charge in [0.25, 0.3) is 0 Å². The molecular weight excluding hydrogens is 284 g/mol. The Bertz CT molecular complexity index is 657. The molecule has 0 aliphatic rings. The minimum atomic E-state index is 0.0901. The van der Waals surface area contributed by atoms with Crippen LogP contribution in [-0.4, -0.2) is 15.8 Å². The molecule has 0 aliphatic carbocycles. The van der Waals surface area contributed by atoms with E-state index in [2.05, 4.69) is 25.0 Å². The second-order valence-corrected chi connectivity index (χ2v) is 5.69. The summed E-state index contributed by atoms with van der Waals surface area (Å²) in [5.41, 5.74) is 8.35. The van der Waals surface area contributed by atoms with Crippen molar-refractivity contribution in [1.82, 2.24) is 9.78 Å². The van der Waals surface area contributed by atoms with Crippen molar-refractivity contribution < 1.29 is 0 Å². The van der Waals surface area contributed by atoms with E-state index < -0.39 is 0 Å². The Morgan fingerprint density at radius 1 is 1.43 bits per heavy atom. The minimum absolute atomic E-state index is 0.0901. The summed E-state index contributed by atoms with van der Waals surface area (Å²) in [6.07, 6.45) is 2.98. The molecule has 1 aromatic heterocycles. The van der Waals surface area contributed by atoms with Crippen molar-refractivity contribution in [3.63, 3.8) is 0 Å². The van der Waals surface area contributed by atoms with Gasteiger partial charge >= 0.3 is 0 Å². The first-order valence-corrected chi connectivity index (χ1v) is 7.42. The van der Waals surface area contributed by atoms with Crippen molar-refractivity contribution in [2.24, 2.45) is 11.7 Å². The molecule has 2 rings (SSSR count). The molecule has 0 spiro atoms. The van der Waals surface area contributed by atoms with E-state index in [0.717, 1.165) is 17.7 Å². The first-order valence-electron chi connectivity index (χ1n) is 7.04. The second-order valence-electron chi connectivity index (χ2n) is 5.28. The van der Waals surface area contributed by atoms with E-state index in [0.29, 0.717) is 23.0 Å². The Hall–Kier alpha value is -1.83. The highest BCUT2D eigenvalue weighted by molar-refractivity contribution is 6.32. The van der Waals surface area contributed by atoms with Crippen LogP contribution in [0.15, 0.2) is 30.5 Å². The zero-order valence-corrected chi connectivity index (χ0v) is 13.0. The molecule has 1 heterocycles. The van der Waals surface area contributed by atoms with Gasteiger partial charge in [0, 0.05) is 17.8 Å². The molecule has 0 saturated heterocycles.